The van der Waals surface area contributed by atoms with Crippen LogP contribution in [-0.2, 0) is 0 Å². The maximum absolute atomic E-state index is 13.6. The monoisotopic (exact) mass is 486 g/mol. The van der Waals surface area contributed by atoms with Crippen LogP contribution in [0.5, 0.6) is 5.19 Å². The molecule has 2 aromatic heterocycles. The highest BCUT2D eigenvalue weighted by atomic mass is 32.1. The van der Waals surface area contributed by atoms with E-state index in [0.29, 0.717) is 41.6 Å². The third kappa shape index (κ3) is 3.67. The van der Waals surface area contributed by atoms with Gasteiger partial charge >= 0.3 is 6.03 Å². The molecule has 3 amide bonds. The average Bonchev–Trinajstić information content (AvgIpc) is 3.42. The zero-order chi connectivity index (χ0) is 23.4. The van der Waals surface area contributed by atoms with Crippen molar-refractivity contribution in [2.45, 2.75) is 25.0 Å². The Balaban J connectivity index is 1.06. The first-order chi connectivity index (χ1) is 16.4. The van der Waals surface area contributed by atoms with Crippen LogP contribution in [0.1, 0.15) is 34.9 Å². The molecule has 0 aliphatic carbocycles. The minimum Gasteiger partial charge on any atom is -0.463 e. The van der Waals surface area contributed by atoms with Crippen molar-refractivity contribution in [1.29, 1.82) is 0 Å². The summed E-state index contributed by atoms with van der Waals surface area (Å²) in [6, 6.07) is 4.13. The summed E-state index contributed by atoms with van der Waals surface area (Å²) in [6.07, 6.45) is 2.76. The van der Waals surface area contributed by atoms with Gasteiger partial charge in [0.15, 0.2) is 5.65 Å². The standard InChI is InChI=1S/C22H20F2N6O3S/c23-13-6-12(7-14(24)8-13)17-2-3-25-30(17)22(32)29-10-15(11-29)33-21-27-19-18(34-21)9-16(26-19)20(31)28-4-1-5-28/h3,6-9,15,17,26H,1-2,4-5,10-11H2/t17-/m0/s1. The Morgan fingerprint density at radius 1 is 1.09 bits per heavy atom. The van der Waals surface area contributed by atoms with Gasteiger partial charge in [0.05, 0.1) is 23.8 Å². The molecule has 0 bridgehead atoms. The number of fused-ring (bicyclic) bond motifs is 1. The smallest absolute Gasteiger partial charge is 0.341 e. The number of rotatable bonds is 4. The van der Waals surface area contributed by atoms with E-state index in [2.05, 4.69) is 15.1 Å². The topological polar surface area (TPSA) is 94.1 Å². The Labute approximate surface area is 196 Å². The fourth-order valence-corrected chi connectivity index (χ4v) is 5.13. The van der Waals surface area contributed by atoms with Gasteiger partial charge < -0.3 is 19.5 Å². The number of carbonyl (C=O) groups excluding carboxylic acids is 2. The van der Waals surface area contributed by atoms with E-state index >= 15 is 0 Å². The van der Waals surface area contributed by atoms with Crippen LogP contribution in [0.3, 0.4) is 0 Å². The minimum atomic E-state index is -0.691. The van der Waals surface area contributed by atoms with Crippen LogP contribution >= 0.6 is 11.3 Å². The third-order valence-corrected chi connectivity index (χ3v) is 7.11. The molecular formula is C22H20F2N6O3S. The fraction of sp³-hybridized carbons (Fsp3) is 0.364. The summed E-state index contributed by atoms with van der Waals surface area (Å²) in [7, 11) is 0. The lowest BCUT2D eigenvalue weighted by Gasteiger charge is -2.40. The van der Waals surface area contributed by atoms with Gasteiger partial charge in [-0.3, -0.25) is 4.79 Å². The predicted molar refractivity (Wildman–Crippen MR) is 120 cm³/mol. The average molecular weight is 487 g/mol. The van der Waals surface area contributed by atoms with Gasteiger partial charge in [0.25, 0.3) is 11.1 Å². The molecular weight excluding hydrogens is 466 g/mol. The largest absolute Gasteiger partial charge is 0.463 e. The molecule has 3 aliphatic rings. The highest BCUT2D eigenvalue weighted by molar-refractivity contribution is 7.20. The van der Waals surface area contributed by atoms with E-state index in [1.54, 1.807) is 22.1 Å². The number of hydrazone groups is 1. The number of H-pyrrole nitrogens is 1. The molecule has 0 saturated carbocycles. The Morgan fingerprint density at radius 3 is 2.53 bits per heavy atom. The quantitative estimate of drug-likeness (QED) is 0.612. The molecule has 6 rings (SSSR count). The van der Waals surface area contributed by atoms with E-state index in [1.165, 1.54) is 28.5 Å². The number of carbonyl (C=O) groups is 2. The van der Waals surface area contributed by atoms with Crippen molar-refractivity contribution in [2.24, 2.45) is 5.10 Å². The van der Waals surface area contributed by atoms with Crippen molar-refractivity contribution in [3.8, 4) is 5.19 Å². The second-order valence-electron chi connectivity index (χ2n) is 8.55. The number of nitrogens with zero attached hydrogens (tertiary/aromatic N) is 5. The van der Waals surface area contributed by atoms with Gasteiger partial charge in [0, 0.05) is 31.8 Å². The SMILES string of the molecule is O=C(c1cc2sc(OC3CN(C(=O)N4N=CC[C@H]4c4cc(F)cc(F)c4)C3)nc2[nH]1)N1CCC1. The Bertz CT molecular complexity index is 1260. The normalized spacial score (nSPS) is 20.1. The number of aromatic amines is 1. The number of thiazole rings is 1. The van der Waals surface area contributed by atoms with Crippen LogP contribution in [0.25, 0.3) is 10.3 Å². The van der Waals surface area contributed by atoms with Gasteiger partial charge in [0.1, 0.15) is 23.4 Å². The zero-order valence-corrected chi connectivity index (χ0v) is 18.7. The zero-order valence-electron chi connectivity index (χ0n) is 17.9. The molecule has 34 heavy (non-hydrogen) atoms. The van der Waals surface area contributed by atoms with E-state index in [0.717, 1.165) is 30.3 Å². The van der Waals surface area contributed by atoms with Gasteiger partial charge in [0.2, 0.25) is 0 Å². The molecule has 1 atom stereocenters. The predicted octanol–water partition coefficient (Wildman–Crippen LogP) is 3.36. The van der Waals surface area contributed by atoms with Crippen molar-refractivity contribution in [2.75, 3.05) is 26.2 Å². The number of hydrogen-bond donors (Lipinski definition) is 1. The van der Waals surface area contributed by atoms with E-state index < -0.39 is 17.7 Å². The first-order valence-corrected chi connectivity index (χ1v) is 11.8. The molecule has 3 aliphatic heterocycles. The number of benzene rings is 1. The lowest BCUT2D eigenvalue weighted by Crippen LogP contribution is -2.58. The van der Waals surface area contributed by atoms with Crippen molar-refractivity contribution in [1.82, 2.24) is 24.8 Å². The Hall–Kier alpha value is -3.54. The molecule has 2 saturated heterocycles. The summed E-state index contributed by atoms with van der Waals surface area (Å²) in [5.41, 5.74) is 1.49. The van der Waals surface area contributed by atoms with Crippen molar-refractivity contribution in [3.05, 3.63) is 47.2 Å². The molecule has 12 heteroatoms. The molecule has 1 N–H and O–H groups in total. The van der Waals surface area contributed by atoms with Gasteiger partial charge in [-0.25, -0.2) is 18.6 Å². The minimum absolute atomic E-state index is 0.0177. The number of amides is 3. The number of halogens is 2. The summed E-state index contributed by atoms with van der Waals surface area (Å²) >= 11 is 1.34. The molecule has 3 aromatic rings. The van der Waals surface area contributed by atoms with Crippen molar-refractivity contribution < 1.29 is 23.1 Å². The summed E-state index contributed by atoms with van der Waals surface area (Å²) in [5.74, 6) is -1.40. The van der Waals surface area contributed by atoms with Crippen LogP contribution in [0.4, 0.5) is 13.6 Å². The lowest BCUT2D eigenvalue weighted by molar-refractivity contribution is 0.0277. The first-order valence-electron chi connectivity index (χ1n) is 11.0. The number of urea groups is 1. The molecule has 2 fully saturated rings. The lowest BCUT2D eigenvalue weighted by atomic mass is 10.0. The summed E-state index contributed by atoms with van der Waals surface area (Å²) in [4.78, 5) is 36.1. The maximum atomic E-state index is 13.6. The Morgan fingerprint density at radius 2 is 1.85 bits per heavy atom. The molecule has 1 aromatic carbocycles. The second-order valence-corrected chi connectivity index (χ2v) is 9.54. The number of nitrogens with one attached hydrogen (secondary N) is 1. The second kappa shape index (κ2) is 8.05. The third-order valence-electron chi connectivity index (χ3n) is 6.22. The Kier molecular flexibility index (Phi) is 4.97. The van der Waals surface area contributed by atoms with Crippen LogP contribution in [0, 0.1) is 11.6 Å². The highest BCUT2D eigenvalue weighted by Crippen LogP contribution is 2.33. The number of ether oxygens (including phenoxy) is 1. The highest BCUT2D eigenvalue weighted by Gasteiger charge is 2.39. The van der Waals surface area contributed by atoms with E-state index in [1.807, 2.05) is 0 Å². The van der Waals surface area contributed by atoms with E-state index in [4.69, 9.17) is 4.74 Å². The molecule has 9 nitrogen and oxygen atoms in total. The van der Waals surface area contributed by atoms with Crippen LogP contribution < -0.4 is 4.74 Å². The van der Waals surface area contributed by atoms with Gasteiger partial charge in [-0.2, -0.15) is 10.1 Å². The van der Waals surface area contributed by atoms with Gasteiger partial charge in [-0.1, -0.05) is 11.3 Å². The molecule has 0 radical (unpaired) electrons. The van der Waals surface area contributed by atoms with Crippen molar-refractivity contribution >= 4 is 39.8 Å². The molecule has 0 unspecified atom stereocenters. The van der Waals surface area contributed by atoms with E-state index in [9.17, 15) is 18.4 Å². The summed E-state index contributed by atoms with van der Waals surface area (Å²) < 4.78 is 34.0. The molecule has 0 spiro atoms. The summed E-state index contributed by atoms with van der Waals surface area (Å²) in [6.45, 7) is 2.27. The van der Waals surface area contributed by atoms with Gasteiger partial charge in [-0.15, -0.1) is 0 Å². The molecule has 176 valence electrons. The van der Waals surface area contributed by atoms with E-state index in [-0.39, 0.29) is 18.0 Å². The van der Waals surface area contributed by atoms with Gasteiger partial charge in [-0.05, 0) is 30.2 Å². The number of aromatic nitrogens is 2. The maximum Gasteiger partial charge on any atom is 0.341 e. The van der Waals surface area contributed by atoms with Crippen molar-refractivity contribution in [3.63, 3.8) is 0 Å². The molecule has 5 heterocycles. The van der Waals surface area contributed by atoms with Crippen LogP contribution in [0.15, 0.2) is 29.4 Å². The fourth-order valence-electron chi connectivity index (χ4n) is 4.25. The van der Waals surface area contributed by atoms with Crippen LogP contribution in [0.2, 0.25) is 0 Å². The summed E-state index contributed by atoms with van der Waals surface area (Å²) in [5, 5.41) is 5.84. The first kappa shape index (κ1) is 21.0. The van der Waals surface area contributed by atoms with Crippen LogP contribution in [-0.4, -0.2) is 75.2 Å². The number of hydrogen-bond acceptors (Lipinski definition) is 6. The number of likely N-dealkylation sites (tertiary alicyclic amines) is 2.